The third kappa shape index (κ3) is 3.72. The Hall–Kier alpha value is -1.78. The first kappa shape index (κ1) is 19.5. The molecule has 2 aromatic rings. The van der Waals surface area contributed by atoms with Crippen LogP contribution < -0.4 is 15.8 Å². The molecule has 28 heavy (non-hydrogen) atoms. The Balaban J connectivity index is 1.57. The number of fused-ring (bicyclic) bond motifs is 1. The van der Waals surface area contributed by atoms with Crippen LogP contribution in [0.25, 0.3) is 0 Å². The minimum absolute atomic E-state index is 0.259. The van der Waals surface area contributed by atoms with Crippen LogP contribution in [-0.2, 0) is 28.8 Å². The van der Waals surface area contributed by atoms with Gasteiger partial charge in [-0.15, -0.1) is 11.3 Å². The number of nitrogens with one attached hydrogen (secondary N) is 2. The van der Waals surface area contributed by atoms with E-state index in [0.717, 1.165) is 29.7 Å². The molecule has 2 atom stereocenters. The maximum Gasteiger partial charge on any atom is 0.258 e. The van der Waals surface area contributed by atoms with Gasteiger partial charge in [0, 0.05) is 22.1 Å². The molecule has 2 heterocycles. The summed E-state index contributed by atoms with van der Waals surface area (Å²) in [7, 11) is 0. The summed E-state index contributed by atoms with van der Waals surface area (Å²) in [6, 6.07) is 6.34. The first-order chi connectivity index (χ1) is 13.4. The van der Waals surface area contributed by atoms with E-state index in [2.05, 4.69) is 10.6 Å². The third-order valence-corrected chi connectivity index (χ3v) is 7.35. The Morgan fingerprint density at radius 2 is 1.96 bits per heavy atom. The smallest absolute Gasteiger partial charge is 0.258 e. The standard InChI is InChI=1S/C18H19ClN4O3S2/c19-10-4-6-11(7-5-10)21-17(25)15-12-2-1-3-14(12)27-18(15)22-16(24)13-8-9-23(13)28(20)26/h4-7,13H,1-3,8-9,20H2,(H,21,25)(H,22,24). The van der Waals surface area contributed by atoms with Crippen molar-refractivity contribution in [2.45, 2.75) is 31.7 Å². The number of nitrogens with two attached hydrogens (primary N) is 1. The van der Waals surface area contributed by atoms with Gasteiger partial charge in [0.25, 0.3) is 5.91 Å². The van der Waals surface area contributed by atoms with E-state index in [-0.39, 0.29) is 11.8 Å². The van der Waals surface area contributed by atoms with Crippen LogP contribution in [-0.4, -0.2) is 32.9 Å². The van der Waals surface area contributed by atoms with Crippen molar-refractivity contribution in [3.63, 3.8) is 0 Å². The molecule has 7 nitrogen and oxygen atoms in total. The van der Waals surface area contributed by atoms with E-state index >= 15 is 0 Å². The van der Waals surface area contributed by atoms with E-state index in [0.29, 0.717) is 34.2 Å². The van der Waals surface area contributed by atoms with Crippen LogP contribution in [0.3, 0.4) is 0 Å². The Morgan fingerprint density at radius 3 is 2.61 bits per heavy atom. The molecule has 2 aliphatic rings. The number of amides is 2. The lowest BCUT2D eigenvalue weighted by molar-refractivity contribution is -0.122. The van der Waals surface area contributed by atoms with Crippen molar-refractivity contribution in [3.05, 3.63) is 45.3 Å². The molecule has 1 aliphatic heterocycles. The van der Waals surface area contributed by atoms with Crippen LogP contribution in [0.15, 0.2) is 24.3 Å². The van der Waals surface area contributed by atoms with Gasteiger partial charge in [0.1, 0.15) is 11.0 Å². The number of carbonyl (C=O) groups is 2. The van der Waals surface area contributed by atoms with Gasteiger partial charge in [0.2, 0.25) is 5.91 Å². The van der Waals surface area contributed by atoms with Crippen molar-refractivity contribution in [1.82, 2.24) is 4.31 Å². The van der Waals surface area contributed by atoms with Gasteiger partial charge in [-0.2, -0.15) is 4.31 Å². The van der Waals surface area contributed by atoms with Gasteiger partial charge in [-0.25, -0.2) is 9.35 Å². The number of aryl methyl sites for hydroxylation is 1. The quantitative estimate of drug-likeness (QED) is 0.668. The fourth-order valence-electron chi connectivity index (χ4n) is 3.50. The summed E-state index contributed by atoms with van der Waals surface area (Å²) in [5.41, 5.74) is 2.15. The SMILES string of the molecule is NS(=O)N1CCC1C(=O)Nc1sc2c(c1C(=O)Nc1ccc(Cl)cc1)CCC2. The Bertz CT molecular complexity index is 960. The monoisotopic (exact) mass is 438 g/mol. The first-order valence-electron chi connectivity index (χ1n) is 8.89. The zero-order valence-corrected chi connectivity index (χ0v) is 17.3. The molecule has 0 bridgehead atoms. The molecule has 2 unspecified atom stereocenters. The lowest BCUT2D eigenvalue weighted by Gasteiger charge is -2.36. The highest BCUT2D eigenvalue weighted by atomic mass is 35.5. The van der Waals surface area contributed by atoms with E-state index in [1.807, 2.05) is 0 Å². The highest BCUT2D eigenvalue weighted by Gasteiger charge is 2.38. The molecule has 0 spiro atoms. The number of hydrogen-bond donors (Lipinski definition) is 3. The van der Waals surface area contributed by atoms with Crippen molar-refractivity contribution in [3.8, 4) is 0 Å². The van der Waals surface area contributed by atoms with Gasteiger partial charge in [-0.05, 0) is 55.5 Å². The predicted molar refractivity (Wildman–Crippen MR) is 112 cm³/mol. The number of hydrogen-bond acceptors (Lipinski definition) is 4. The van der Waals surface area contributed by atoms with Gasteiger partial charge in [0.05, 0.1) is 5.56 Å². The normalized spacial score (nSPS) is 19.6. The minimum atomic E-state index is -1.68. The van der Waals surface area contributed by atoms with Crippen LogP contribution in [0.5, 0.6) is 0 Å². The second-order valence-electron chi connectivity index (χ2n) is 6.73. The fraction of sp³-hybridized carbons (Fsp3) is 0.333. The number of thiophene rings is 1. The molecule has 1 aliphatic carbocycles. The van der Waals surface area contributed by atoms with Crippen molar-refractivity contribution < 1.29 is 13.8 Å². The summed E-state index contributed by atoms with van der Waals surface area (Å²) in [5, 5.41) is 12.3. The van der Waals surface area contributed by atoms with Crippen molar-refractivity contribution in [2.24, 2.45) is 5.14 Å². The number of benzene rings is 1. The van der Waals surface area contributed by atoms with Gasteiger partial charge in [0.15, 0.2) is 11.2 Å². The van der Waals surface area contributed by atoms with Crippen molar-refractivity contribution in [2.75, 3.05) is 17.2 Å². The van der Waals surface area contributed by atoms with E-state index < -0.39 is 17.2 Å². The lowest BCUT2D eigenvalue weighted by atomic mass is 10.1. The molecule has 148 valence electrons. The molecular weight excluding hydrogens is 420 g/mol. The molecule has 1 aromatic carbocycles. The largest absolute Gasteiger partial charge is 0.322 e. The predicted octanol–water partition coefficient (Wildman–Crippen LogP) is 2.69. The number of nitrogens with zero attached hydrogens (tertiary/aromatic N) is 1. The third-order valence-electron chi connectivity index (χ3n) is 4.99. The molecule has 1 fully saturated rings. The molecule has 4 rings (SSSR count). The average Bonchev–Trinajstić information content (AvgIpc) is 3.15. The lowest BCUT2D eigenvalue weighted by Crippen LogP contribution is -2.56. The topological polar surface area (TPSA) is 105 Å². The highest BCUT2D eigenvalue weighted by molar-refractivity contribution is 7.80. The molecule has 0 saturated carbocycles. The number of anilines is 2. The molecule has 2 amide bonds. The second kappa shape index (κ2) is 7.92. The molecule has 4 N–H and O–H groups in total. The van der Waals surface area contributed by atoms with E-state index in [9.17, 15) is 13.8 Å². The summed E-state index contributed by atoms with van der Waals surface area (Å²) in [4.78, 5) is 26.7. The molecule has 1 aromatic heterocycles. The van der Waals surface area contributed by atoms with Crippen LogP contribution in [0, 0.1) is 0 Å². The highest BCUT2D eigenvalue weighted by Crippen LogP contribution is 2.40. The average molecular weight is 439 g/mol. The van der Waals surface area contributed by atoms with E-state index in [4.69, 9.17) is 16.7 Å². The van der Waals surface area contributed by atoms with Gasteiger partial charge < -0.3 is 10.6 Å². The number of halogens is 1. The molecule has 1 saturated heterocycles. The second-order valence-corrected chi connectivity index (χ2v) is 9.30. The Labute approximate surface area is 174 Å². The van der Waals surface area contributed by atoms with Crippen LogP contribution in [0.1, 0.15) is 33.6 Å². The molecule has 10 heteroatoms. The van der Waals surface area contributed by atoms with Crippen LogP contribution in [0.2, 0.25) is 5.02 Å². The van der Waals surface area contributed by atoms with Crippen LogP contribution >= 0.6 is 22.9 Å². The maximum atomic E-state index is 13.0. The fourth-order valence-corrected chi connectivity index (χ4v) is 5.65. The summed E-state index contributed by atoms with van der Waals surface area (Å²) in [6.45, 7) is 0.520. The zero-order chi connectivity index (χ0) is 19.8. The van der Waals surface area contributed by atoms with Crippen molar-refractivity contribution in [1.29, 1.82) is 0 Å². The van der Waals surface area contributed by atoms with E-state index in [1.54, 1.807) is 24.3 Å². The maximum absolute atomic E-state index is 13.0. The molecular formula is C18H19ClN4O3S2. The summed E-state index contributed by atoms with van der Waals surface area (Å²) < 4.78 is 12.9. The molecule has 0 radical (unpaired) electrons. The minimum Gasteiger partial charge on any atom is -0.322 e. The first-order valence-corrected chi connectivity index (χ1v) is 11.3. The van der Waals surface area contributed by atoms with Gasteiger partial charge in [-0.3, -0.25) is 9.59 Å². The number of rotatable bonds is 5. The van der Waals surface area contributed by atoms with Gasteiger partial charge in [-0.1, -0.05) is 11.6 Å². The zero-order valence-electron chi connectivity index (χ0n) is 14.9. The Morgan fingerprint density at radius 1 is 1.21 bits per heavy atom. The van der Waals surface area contributed by atoms with E-state index in [1.165, 1.54) is 15.6 Å². The van der Waals surface area contributed by atoms with Gasteiger partial charge >= 0.3 is 0 Å². The summed E-state index contributed by atoms with van der Waals surface area (Å²) in [5.74, 6) is -0.546. The summed E-state index contributed by atoms with van der Waals surface area (Å²) in [6.07, 6.45) is 3.30. The van der Waals surface area contributed by atoms with Crippen molar-refractivity contribution >= 4 is 56.6 Å². The van der Waals surface area contributed by atoms with Crippen LogP contribution in [0.4, 0.5) is 10.7 Å². The number of carbonyl (C=O) groups excluding carboxylic acids is 2. The summed E-state index contributed by atoms with van der Waals surface area (Å²) >= 11 is 5.66. The Kier molecular flexibility index (Phi) is 5.52.